The first-order valence-electron chi connectivity index (χ1n) is 5.54. The molecule has 0 saturated heterocycles. The number of rotatable bonds is 7. The fraction of sp³-hybridized carbons (Fsp3) is 0.692. The lowest BCUT2D eigenvalue weighted by atomic mass is 9.95. The maximum absolute atomic E-state index is 4.10. The number of hydrogen-bond acceptors (Lipinski definition) is 1. The van der Waals surface area contributed by atoms with E-state index in [0.717, 1.165) is 19.4 Å². The van der Waals surface area contributed by atoms with Crippen molar-refractivity contribution < 1.29 is 0 Å². The first-order chi connectivity index (χ1) is 6.47. The van der Waals surface area contributed by atoms with E-state index >= 15 is 0 Å². The van der Waals surface area contributed by atoms with Crippen molar-refractivity contribution in [1.82, 2.24) is 5.32 Å². The normalized spacial score (nSPS) is 12.6. The van der Waals surface area contributed by atoms with Crippen molar-refractivity contribution in [3.63, 3.8) is 0 Å². The molecule has 0 aromatic carbocycles. The summed E-state index contributed by atoms with van der Waals surface area (Å²) in [4.78, 5) is 0. The van der Waals surface area contributed by atoms with Crippen LogP contribution in [0.25, 0.3) is 0 Å². The lowest BCUT2D eigenvalue weighted by Crippen LogP contribution is -2.23. The molecule has 0 bridgehead atoms. The smallest absolute Gasteiger partial charge is 0.0166 e. The van der Waals surface area contributed by atoms with Crippen molar-refractivity contribution in [2.45, 2.75) is 40.5 Å². The fourth-order valence-corrected chi connectivity index (χ4v) is 1.41. The summed E-state index contributed by atoms with van der Waals surface area (Å²) >= 11 is 0. The summed E-state index contributed by atoms with van der Waals surface area (Å²) in [7, 11) is 0. The zero-order chi connectivity index (χ0) is 11.1. The van der Waals surface area contributed by atoms with Gasteiger partial charge < -0.3 is 5.32 Å². The summed E-state index contributed by atoms with van der Waals surface area (Å²) in [6.45, 7) is 17.8. The van der Waals surface area contributed by atoms with Gasteiger partial charge in [0.2, 0.25) is 0 Å². The van der Waals surface area contributed by atoms with Gasteiger partial charge in [-0.3, -0.25) is 0 Å². The molecule has 0 aromatic rings. The molecule has 1 unspecified atom stereocenters. The summed E-state index contributed by atoms with van der Waals surface area (Å²) in [5.74, 6) is 1.22. The van der Waals surface area contributed by atoms with Crippen molar-refractivity contribution >= 4 is 0 Å². The highest BCUT2D eigenvalue weighted by atomic mass is 14.9. The van der Waals surface area contributed by atoms with Gasteiger partial charge in [-0.2, -0.15) is 0 Å². The molecule has 1 atom stereocenters. The van der Waals surface area contributed by atoms with Crippen LogP contribution in [0.1, 0.15) is 40.5 Å². The van der Waals surface area contributed by atoms with E-state index in [2.05, 4.69) is 46.2 Å². The van der Waals surface area contributed by atoms with Gasteiger partial charge in [-0.05, 0) is 25.7 Å². The van der Waals surface area contributed by atoms with E-state index in [-0.39, 0.29) is 0 Å². The van der Waals surface area contributed by atoms with E-state index < -0.39 is 0 Å². The van der Waals surface area contributed by atoms with Gasteiger partial charge in [0.25, 0.3) is 0 Å². The predicted octanol–water partition coefficient (Wildman–Crippen LogP) is 3.74. The van der Waals surface area contributed by atoms with E-state index in [1.54, 1.807) is 0 Å². The summed E-state index contributed by atoms with van der Waals surface area (Å²) in [5, 5.41) is 3.40. The Morgan fingerprint density at radius 3 is 2.21 bits per heavy atom. The third kappa shape index (κ3) is 5.85. The topological polar surface area (TPSA) is 12.0 Å². The first-order valence-corrected chi connectivity index (χ1v) is 5.54. The molecule has 0 fully saturated rings. The van der Waals surface area contributed by atoms with E-state index in [1.165, 1.54) is 11.3 Å². The molecule has 0 heterocycles. The Morgan fingerprint density at radius 2 is 1.86 bits per heavy atom. The summed E-state index contributed by atoms with van der Waals surface area (Å²) < 4.78 is 0. The summed E-state index contributed by atoms with van der Waals surface area (Å²) in [5.41, 5.74) is 2.41. The molecule has 0 amide bonds. The van der Waals surface area contributed by atoms with Crippen LogP contribution in [0.4, 0.5) is 0 Å². The molecule has 0 rings (SSSR count). The van der Waals surface area contributed by atoms with Gasteiger partial charge in [0.1, 0.15) is 0 Å². The molecule has 0 radical (unpaired) electrons. The predicted molar refractivity (Wildman–Crippen MR) is 65.2 cm³/mol. The number of nitrogens with one attached hydrogen (secondary N) is 1. The van der Waals surface area contributed by atoms with Gasteiger partial charge in [-0.25, -0.2) is 0 Å². The zero-order valence-electron chi connectivity index (χ0n) is 10.2. The third-order valence-corrected chi connectivity index (χ3v) is 2.32. The van der Waals surface area contributed by atoms with Crippen molar-refractivity contribution in [1.29, 1.82) is 0 Å². The molecular weight excluding hydrogens is 170 g/mol. The van der Waals surface area contributed by atoms with Crippen LogP contribution in [-0.2, 0) is 0 Å². The highest BCUT2D eigenvalue weighted by molar-refractivity contribution is 5.04. The molecule has 0 aliphatic carbocycles. The minimum Gasteiger partial charge on any atom is -0.388 e. The largest absolute Gasteiger partial charge is 0.388 e. The SMILES string of the molecule is C=C(C)CC(CC)C(=C)NCC(C)C. The van der Waals surface area contributed by atoms with Gasteiger partial charge in [-0.1, -0.05) is 32.9 Å². The van der Waals surface area contributed by atoms with Gasteiger partial charge in [0.15, 0.2) is 0 Å². The van der Waals surface area contributed by atoms with Gasteiger partial charge in [0.05, 0.1) is 0 Å². The Labute approximate surface area is 89.3 Å². The molecule has 0 aliphatic heterocycles. The highest BCUT2D eigenvalue weighted by Gasteiger charge is 2.10. The van der Waals surface area contributed by atoms with Crippen LogP contribution in [0.15, 0.2) is 24.4 Å². The highest BCUT2D eigenvalue weighted by Crippen LogP contribution is 2.19. The maximum atomic E-state index is 4.10. The van der Waals surface area contributed by atoms with Crippen LogP contribution in [0.5, 0.6) is 0 Å². The monoisotopic (exact) mass is 195 g/mol. The average molecular weight is 195 g/mol. The Bertz CT molecular complexity index is 191. The molecule has 82 valence electrons. The Kier molecular flexibility index (Phi) is 6.35. The number of allylic oxidation sites excluding steroid dienone is 2. The zero-order valence-corrected chi connectivity index (χ0v) is 10.2. The quantitative estimate of drug-likeness (QED) is 0.610. The van der Waals surface area contributed by atoms with Gasteiger partial charge >= 0.3 is 0 Å². The minimum absolute atomic E-state index is 0.547. The van der Waals surface area contributed by atoms with Gasteiger partial charge in [-0.15, -0.1) is 6.58 Å². The van der Waals surface area contributed by atoms with Crippen molar-refractivity contribution in [2.24, 2.45) is 11.8 Å². The van der Waals surface area contributed by atoms with Crippen molar-refractivity contribution in [3.05, 3.63) is 24.4 Å². The van der Waals surface area contributed by atoms with Crippen LogP contribution < -0.4 is 5.32 Å². The second-order valence-corrected chi connectivity index (χ2v) is 4.57. The van der Waals surface area contributed by atoms with E-state index in [9.17, 15) is 0 Å². The van der Waals surface area contributed by atoms with Crippen LogP contribution in [0.2, 0.25) is 0 Å². The van der Waals surface area contributed by atoms with Gasteiger partial charge in [0, 0.05) is 18.2 Å². The Morgan fingerprint density at radius 1 is 1.29 bits per heavy atom. The van der Waals surface area contributed by atoms with E-state index in [1.807, 2.05) is 0 Å². The standard InChI is InChI=1S/C13H25N/c1-7-13(8-10(2)3)12(6)14-9-11(4)5/h11,13-14H,2,6-9H2,1,3-5H3. The summed E-state index contributed by atoms with van der Waals surface area (Å²) in [6.07, 6.45) is 2.19. The molecular formula is C13H25N. The van der Waals surface area contributed by atoms with Crippen LogP contribution in [-0.4, -0.2) is 6.54 Å². The fourth-order valence-electron chi connectivity index (χ4n) is 1.41. The van der Waals surface area contributed by atoms with E-state index in [4.69, 9.17) is 0 Å². The van der Waals surface area contributed by atoms with Crippen LogP contribution in [0.3, 0.4) is 0 Å². The molecule has 1 nitrogen and oxygen atoms in total. The number of hydrogen-bond donors (Lipinski definition) is 1. The van der Waals surface area contributed by atoms with E-state index in [0.29, 0.717) is 11.8 Å². The second kappa shape index (κ2) is 6.69. The average Bonchev–Trinajstić information content (AvgIpc) is 2.09. The lowest BCUT2D eigenvalue weighted by Gasteiger charge is -2.20. The molecule has 14 heavy (non-hydrogen) atoms. The lowest BCUT2D eigenvalue weighted by molar-refractivity contribution is 0.507. The van der Waals surface area contributed by atoms with Crippen LogP contribution in [0, 0.1) is 11.8 Å². The van der Waals surface area contributed by atoms with Crippen LogP contribution >= 0.6 is 0 Å². The summed E-state index contributed by atoms with van der Waals surface area (Å²) in [6, 6.07) is 0. The Balaban J connectivity index is 3.98. The minimum atomic E-state index is 0.547. The second-order valence-electron chi connectivity index (χ2n) is 4.57. The maximum Gasteiger partial charge on any atom is 0.0166 e. The molecule has 1 N–H and O–H groups in total. The Hall–Kier alpha value is -0.720. The van der Waals surface area contributed by atoms with Crippen molar-refractivity contribution in [3.8, 4) is 0 Å². The molecule has 0 saturated carbocycles. The third-order valence-electron chi connectivity index (χ3n) is 2.32. The molecule has 0 spiro atoms. The molecule has 0 aromatic heterocycles. The molecule has 1 heteroatoms. The molecule has 0 aliphatic rings. The van der Waals surface area contributed by atoms with Crippen molar-refractivity contribution in [2.75, 3.05) is 6.54 Å². The first kappa shape index (κ1) is 13.3.